The molecule has 1 saturated carbocycles. The molecule has 1 heterocycles. The number of thioether (sulfide) groups is 1. The van der Waals surface area contributed by atoms with Crippen LogP contribution in [0.5, 0.6) is 0 Å². The minimum Gasteiger partial charge on any atom is -0.396 e. The molecule has 5 atom stereocenters. The third-order valence-corrected chi connectivity index (χ3v) is 5.01. The van der Waals surface area contributed by atoms with Crippen molar-refractivity contribution in [3.05, 3.63) is 0 Å². The Balaban J connectivity index is 2.01. The lowest BCUT2D eigenvalue weighted by Crippen LogP contribution is -2.51. The molecule has 0 aromatic rings. The Bertz CT molecular complexity index is 297. The predicted octanol–water partition coefficient (Wildman–Crippen LogP) is 0.793. The molecule has 5 heteroatoms. The van der Waals surface area contributed by atoms with Crippen LogP contribution in [0.25, 0.3) is 0 Å². The van der Waals surface area contributed by atoms with Crippen molar-refractivity contribution in [2.45, 2.75) is 56.1 Å². The zero-order chi connectivity index (χ0) is 12.4. The summed E-state index contributed by atoms with van der Waals surface area (Å²) in [5.41, 5.74) is 0. The lowest BCUT2D eigenvalue weighted by molar-refractivity contribution is -0.0646. The second-order valence-corrected chi connectivity index (χ2v) is 6.25. The van der Waals surface area contributed by atoms with E-state index in [1.807, 2.05) is 0 Å². The molecule has 1 aliphatic heterocycles. The van der Waals surface area contributed by atoms with Crippen molar-refractivity contribution in [3.8, 4) is 0 Å². The van der Waals surface area contributed by atoms with Crippen molar-refractivity contribution in [1.82, 2.24) is 0 Å². The van der Waals surface area contributed by atoms with Crippen LogP contribution < -0.4 is 0 Å². The number of aliphatic imine (C=N–C) groups is 1. The molecule has 0 aromatic carbocycles. The number of aliphatic hydroxyl groups excluding tert-OH is 3. The average Bonchev–Trinajstić information content (AvgIpc) is 2.74. The largest absolute Gasteiger partial charge is 0.396 e. The lowest BCUT2D eigenvalue weighted by Gasteiger charge is -2.37. The summed E-state index contributed by atoms with van der Waals surface area (Å²) in [4.78, 5) is 4.54. The Hall–Kier alpha value is -0.100. The van der Waals surface area contributed by atoms with Crippen LogP contribution in [-0.2, 0) is 0 Å². The van der Waals surface area contributed by atoms with Gasteiger partial charge in [-0.2, -0.15) is 0 Å². The number of hydrogen-bond donors (Lipinski definition) is 3. The highest BCUT2D eigenvalue weighted by molar-refractivity contribution is 8.14. The second-order valence-electron chi connectivity index (χ2n) is 4.93. The van der Waals surface area contributed by atoms with Gasteiger partial charge >= 0.3 is 0 Å². The molecule has 17 heavy (non-hydrogen) atoms. The van der Waals surface area contributed by atoms with E-state index in [1.165, 1.54) is 0 Å². The van der Waals surface area contributed by atoms with Crippen molar-refractivity contribution in [2.75, 3.05) is 6.61 Å². The zero-order valence-corrected chi connectivity index (χ0v) is 10.9. The van der Waals surface area contributed by atoms with Crippen LogP contribution in [-0.4, -0.2) is 50.5 Å². The van der Waals surface area contributed by atoms with E-state index < -0.39 is 12.2 Å². The fraction of sp³-hybridized carbons (Fsp3) is 0.917. The normalized spacial score (nSPS) is 41.2. The summed E-state index contributed by atoms with van der Waals surface area (Å²) in [6.07, 6.45) is 2.31. The minimum absolute atomic E-state index is 0.0632. The van der Waals surface area contributed by atoms with Gasteiger partial charge < -0.3 is 15.3 Å². The van der Waals surface area contributed by atoms with Crippen LogP contribution in [0.4, 0.5) is 0 Å². The van der Waals surface area contributed by atoms with E-state index in [-0.39, 0.29) is 23.8 Å². The molecule has 0 bridgehead atoms. The third-order valence-electron chi connectivity index (χ3n) is 3.66. The summed E-state index contributed by atoms with van der Waals surface area (Å²) >= 11 is 1.73. The molecule has 0 aromatic heterocycles. The first-order valence-corrected chi connectivity index (χ1v) is 7.25. The van der Waals surface area contributed by atoms with Gasteiger partial charge in [-0.15, -0.1) is 11.8 Å². The molecule has 0 unspecified atom stereocenters. The van der Waals surface area contributed by atoms with E-state index in [0.29, 0.717) is 0 Å². The maximum Gasteiger partial charge on any atom is 0.104 e. The fourth-order valence-corrected chi connectivity index (χ4v) is 4.06. The van der Waals surface area contributed by atoms with Crippen LogP contribution >= 0.6 is 11.8 Å². The van der Waals surface area contributed by atoms with Crippen LogP contribution in [0.15, 0.2) is 4.99 Å². The van der Waals surface area contributed by atoms with Gasteiger partial charge in [0.05, 0.1) is 17.2 Å². The van der Waals surface area contributed by atoms with E-state index in [4.69, 9.17) is 0 Å². The van der Waals surface area contributed by atoms with E-state index in [1.54, 1.807) is 11.8 Å². The van der Waals surface area contributed by atoms with Crippen molar-refractivity contribution in [3.63, 3.8) is 0 Å². The highest BCUT2D eigenvalue weighted by atomic mass is 32.2. The van der Waals surface area contributed by atoms with Gasteiger partial charge in [-0.25, -0.2) is 0 Å². The molecule has 2 aliphatic rings. The maximum absolute atomic E-state index is 10.0. The lowest BCUT2D eigenvalue weighted by atomic mass is 9.81. The molecular formula is C12H21NO3S. The monoisotopic (exact) mass is 259 g/mol. The first kappa shape index (κ1) is 13.3. The van der Waals surface area contributed by atoms with E-state index in [2.05, 4.69) is 11.9 Å². The number of nitrogens with zero attached hydrogens (tertiary/aromatic N) is 1. The number of rotatable bonds is 4. The molecule has 4 nitrogen and oxygen atoms in total. The van der Waals surface area contributed by atoms with E-state index in [9.17, 15) is 15.3 Å². The highest BCUT2D eigenvalue weighted by Gasteiger charge is 2.46. The Kier molecular flexibility index (Phi) is 4.47. The molecular weight excluding hydrogens is 238 g/mol. The van der Waals surface area contributed by atoms with Gasteiger partial charge in [-0.3, -0.25) is 4.99 Å². The van der Waals surface area contributed by atoms with E-state index in [0.717, 1.165) is 30.7 Å². The van der Waals surface area contributed by atoms with Gasteiger partial charge in [-0.05, 0) is 19.3 Å². The minimum atomic E-state index is -0.837. The standard InChI is InChI=1S/C12H21NO3S/c1-2-3-4-9-13-10-8(17-9)5-7(6-14)11(15)12(10)16/h7-8,10-12,14-16H,2-6H2,1H3/t7-,8-,10-,11-,12-/m1/s1. The molecule has 3 N–H and O–H groups in total. The van der Waals surface area contributed by atoms with Gasteiger partial charge in [0, 0.05) is 17.8 Å². The Labute approximate surface area is 106 Å². The SMILES string of the molecule is CCCCC1=N[C@H]2[C@@H](O)[C@H](O)[C@@H](CO)C[C@H]2S1. The van der Waals surface area contributed by atoms with Crippen molar-refractivity contribution in [2.24, 2.45) is 10.9 Å². The Morgan fingerprint density at radius 1 is 1.35 bits per heavy atom. The van der Waals surface area contributed by atoms with Gasteiger partial charge in [-0.1, -0.05) is 13.3 Å². The Morgan fingerprint density at radius 3 is 2.76 bits per heavy atom. The molecule has 1 fully saturated rings. The van der Waals surface area contributed by atoms with Crippen LogP contribution in [0.2, 0.25) is 0 Å². The van der Waals surface area contributed by atoms with Gasteiger partial charge in [0.1, 0.15) is 6.10 Å². The molecule has 0 saturated heterocycles. The summed E-state index contributed by atoms with van der Waals surface area (Å²) < 4.78 is 0. The summed E-state index contributed by atoms with van der Waals surface area (Å²) in [6.45, 7) is 2.08. The Morgan fingerprint density at radius 2 is 2.12 bits per heavy atom. The number of unbranched alkanes of at least 4 members (excludes halogenated alkanes) is 1. The number of hydrogen-bond acceptors (Lipinski definition) is 5. The molecule has 98 valence electrons. The van der Waals surface area contributed by atoms with E-state index >= 15 is 0 Å². The van der Waals surface area contributed by atoms with Crippen LogP contribution in [0.1, 0.15) is 32.6 Å². The first-order chi connectivity index (χ1) is 8.17. The smallest absolute Gasteiger partial charge is 0.104 e. The molecule has 0 amide bonds. The van der Waals surface area contributed by atoms with Gasteiger partial charge in [0.25, 0.3) is 0 Å². The fourth-order valence-electron chi connectivity index (χ4n) is 2.56. The van der Waals surface area contributed by atoms with Crippen LogP contribution in [0.3, 0.4) is 0 Å². The quantitative estimate of drug-likeness (QED) is 0.698. The van der Waals surface area contributed by atoms with Gasteiger partial charge in [0.2, 0.25) is 0 Å². The molecule has 2 rings (SSSR count). The highest BCUT2D eigenvalue weighted by Crippen LogP contribution is 2.40. The maximum atomic E-state index is 10.0. The summed E-state index contributed by atoms with van der Waals surface area (Å²) in [5, 5.41) is 30.4. The number of fused-ring (bicyclic) bond motifs is 1. The van der Waals surface area contributed by atoms with Crippen LogP contribution in [0, 0.1) is 5.92 Å². The number of aliphatic hydroxyl groups is 3. The second kappa shape index (κ2) is 5.69. The summed E-state index contributed by atoms with van der Waals surface area (Å²) in [7, 11) is 0. The molecule has 1 aliphatic carbocycles. The topological polar surface area (TPSA) is 73.1 Å². The molecule has 0 spiro atoms. The third kappa shape index (κ3) is 2.67. The van der Waals surface area contributed by atoms with Gasteiger partial charge in [0.15, 0.2) is 0 Å². The summed E-state index contributed by atoms with van der Waals surface area (Å²) in [6, 6.07) is -0.176. The van der Waals surface area contributed by atoms with Crippen molar-refractivity contribution < 1.29 is 15.3 Å². The average molecular weight is 259 g/mol. The van der Waals surface area contributed by atoms with Crippen molar-refractivity contribution >= 4 is 16.8 Å². The zero-order valence-electron chi connectivity index (χ0n) is 10.1. The summed E-state index contributed by atoms with van der Waals surface area (Å²) in [5.74, 6) is -0.209. The van der Waals surface area contributed by atoms with Crippen molar-refractivity contribution in [1.29, 1.82) is 0 Å². The molecule has 0 radical (unpaired) electrons. The predicted molar refractivity (Wildman–Crippen MR) is 69.3 cm³/mol. The first-order valence-electron chi connectivity index (χ1n) is 6.37.